The highest BCUT2D eigenvalue weighted by Gasteiger charge is 2.20. The molecule has 0 spiro atoms. The Morgan fingerprint density at radius 2 is 2.16 bits per heavy atom. The van der Waals surface area contributed by atoms with Crippen LogP contribution in [0.4, 0.5) is 5.82 Å². The molecule has 2 aromatic rings. The second-order valence-corrected chi connectivity index (χ2v) is 6.07. The van der Waals surface area contributed by atoms with Crippen molar-refractivity contribution in [2.45, 2.75) is 25.4 Å². The van der Waals surface area contributed by atoms with E-state index in [2.05, 4.69) is 25.2 Å². The molecule has 2 N–H and O–H groups in total. The van der Waals surface area contributed by atoms with E-state index >= 15 is 0 Å². The Labute approximate surface area is 146 Å². The summed E-state index contributed by atoms with van der Waals surface area (Å²) in [4.78, 5) is 25.5. The third kappa shape index (κ3) is 5.36. The van der Waals surface area contributed by atoms with Crippen molar-refractivity contribution in [1.82, 2.24) is 19.9 Å². The summed E-state index contributed by atoms with van der Waals surface area (Å²) in [5.41, 5.74) is 1.79. The molecule has 130 valence electrons. The smallest absolute Gasteiger partial charge is 0.328 e. The predicted molar refractivity (Wildman–Crippen MR) is 94.9 cm³/mol. The minimum absolute atomic E-state index is 0.324. The van der Waals surface area contributed by atoms with Crippen LogP contribution in [0.5, 0.6) is 0 Å². The van der Waals surface area contributed by atoms with E-state index in [-0.39, 0.29) is 0 Å². The average molecular weight is 339 g/mol. The number of piperidine rings is 1. The highest BCUT2D eigenvalue weighted by Crippen LogP contribution is 2.16. The Bertz CT molecular complexity index is 718. The maximum Gasteiger partial charge on any atom is 0.328 e. The predicted octanol–water partition coefficient (Wildman–Crippen LogP) is 2.05. The largest absolute Gasteiger partial charge is 0.478 e. The van der Waals surface area contributed by atoms with E-state index in [4.69, 9.17) is 5.11 Å². The van der Waals surface area contributed by atoms with Gasteiger partial charge in [0.25, 0.3) is 0 Å². The minimum Gasteiger partial charge on any atom is -0.478 e. The molecule has 1 atom stereocenters. The molecule has 1 aliphatic heterocycles. The number of hydrogen-bond acceptors (Lipinski definition) is 6. The molecular weight excluding hydrogens is 318 g/mol. The normalized spacial score (nSPS) is 18.3. The zero-order valence-electron chi connectivity index (χ0n) is 13.9. The lowest BCUT2D eigenvalue weighted by Crippen LogP contribution is -2.41. The Hall–Kier alpha value is -2.80. The molecule has 0 amide bonds. The summed E-state index contributed by atoms with van der Waals surface area (Å²) in [6.07, 6.45) is 11.6. The number of aliphatic carboxylic acids is 1. The number of aromatic nitrogens is 3. The number of nitrogens with zero attached hydrogens (tertiary/aromatic N) is 4. The number of carbonyl (C=O) groups is 1. The van der Waals surface area contributed by atoms with Crippen molar-refractivity contribution in [2.75, 3.05) is 18.4 Å². The lowest BCUT2D eigenvalue weighted by atomic mass is 10.0. The topological polar surface area (TPSA) is 91.2 Å². The Kier molecular flexibility index (Phi) is 5.69. The molecule has 1 saturated heterocycles. The van der Waals surface area contributed by atoms with Gasteiger partial charge in [-0.3, -0.25) is 14.9 Å². The summed E-state index contributed by atoms with van der Waals surface area (Å²) in [7, 11) is 0. The van der Waals surface area contributed by atoms with Crippen LogP contribution in [0.25, 0.3) is 6.08 Å². The fourth-order valence-electron chi connectivity index (χ4n) is 2.93. The molecule has 0 aliphatic carbocycles. The summed E-state index contributed by atoms with van der Waals surface area (Å²) in [6.45, 7) is 2.96. The molecule has 7 heteroatoms. The molecule has 3 rings (SSSR count). The number of rotatable bonds is 6. The average Bonchev–Trinajstić information content (AvgIpc) is 2.62. The molecule has 0 bridgehead atoms. The number of carboxylic acids is 1. The molecule has 3 heterocycles. The summed E-state index contributed by atoms with van der Waals surface area (Å²) in [6, 6.07) is 4.42. The van der Waals surface area contributed by atoms with E-state index in [0.29, 0.717) is 17.6 Å². The van der Waals surface area contributed by atoms with E-state index in [1.165, 1.54) is 11.6 Å². The summed E-state index contributed by atoms with van der Waals surface area (Å²) in [5, 5.41) is 12.0. The van der Waals surface area contributed by atoms with Crippen LogP contribution in [0.1, 0.15) is 24.1 Å². The first kappa shape index (κ1) is 17.0. The molecule has 7 nitrogen and oxygen atoms in total. The first-order valence-corrected chi connectivity index (χ1v) is 8.30. The number of anilines is 1. The van der Waals surface area contributed by atoms with E-state index in [1.807, 2.05) is 24.5 Å². The molecule has 2 aromatic heterocycles. The van der Waals surface area contributed by atoms with Crippen LogP contribution in [-0.4, -0.2) is 50.1 Å². The van der Waals surface area contributed by atoms with E-state index in [9.17, 15) is 4.79 Å². The van der Waals surface area contributed by atoms with Crippen molar-refractivity contribution in [2.24, 2.45) is 0 Å². The van der Waals surface area contributed by atoms with Gasteiger partial charge in [0.2, 0.25) is 0 Å². The fraction of sp³-hybridized carbons (Fsp3) is 0.333. The van der Waals surface area contributed by atoms with Gasteiger partial charge in [0.05, 0.1) is 18.1 Å². The van der Waals surface area contributed by atoms with Crippen LogP contribution in [0.3, 0.4) is 0 Å². The fourth-order valence-corrected chi connectivity index (χ4v) is 2.93. The van der Waals surface area contributed by atoms with Crippen LogP contribution in [0, 0.1) is 0 Å². The first-order valence-electron chi connectivity index (χ1n) is 8.30. The second-order valence-electron chi connectivity index (χ2n) is 6.07. The van der Waals surface area contributed by atoms with Gasteiger partial charge in [0.15, 0.2) is 0 Å². The van der Waals surface area contributed by atoms with Crippen LogP contribution < -0.4 is 5.32 Å². The molecule has 0 radical (unpaired) electrons. The molecule has 0 aromatic carbocycles. The zero-order chi connectivity index (χ0) is 17.5. The van der Waals surface area contributed by atoms with Gasteiger partial charge in [-0.15, -0.1) is 0 Å². The van der Waals surface area contributed by atoms with Crippen molar-refractivity contribution >= 4 is 17.9 Å². The maximum absolute atomic E-state index is 10.5. The third-order valence-electron chi connectivity index (χ3n) is 4.08. The van der Waals surface area contributed by atoms with Crippen LogP contribution in [0.15, 0.2) is 43.0 Å². The van der Waals surface area contributed by atoms with Crippen molar-refractivity contribution in [3.8, 4) is 0 Å². The maximum atomic E-state index is 10.5. The molecular formula is C18H21N5O2. The number of carboxylic acid groups (broad SMARTS) is 1. The van der Waals surface area contributed by atoms with Crippen LogP contribution in [-0.2, 0) is 11.3 Å². The molecule has 1 fully saturated rings. The Balaban J connectivity index is 1.54. The Morgan fingerprint density at radius 3 is 2.88 bits per heavy atom. The highest BCUT2D eigenvalue weighted by atomic mass is 16.4. The van der Waals surface area contributed by atoms with Gasteiger partial charge >= 0.3 is 5.97 Å². The van der Waals surface area contributed by atoms with Crippen molar-refractivity contribution in [3.05, 3.63) is 54.3 Å². The lowest BCUT2D eigenvalue weighted by Gasteiger charge is -2.33. The van der Waals surface area contributed by atoms with Gasteiger partial charge in [-0.1, -0.05) is 0 Å². The minimum atomic E-state index is -1.000. The second kappa shape index (κ2) is 8.34. The quantitative estimate of drug-likeness (QED) is 0.778. The number of likely N-dealkylation sites (tertiary alicyclic amines) is 1. The third-order valence-corrected chi connectivity index (χ3v) is 4.08. The van der Waals surface area contributed by atoms with Crippen molar-refractivity contribution in [3.63, 3.8) is 0 Å². The van der Waals surface area contributed by atoms with Crippen molar-refractivity contribution in [1.29, 1.82) is 0 Å². The Morgan fingerprint density at radius 1 is 1.32 bits per heavy atom. The van der Waals surface area contributed by atoms with Gasteiger partial charge in [0, 0.05) is 37.6 Å². The van der Waals surface area contributed by atoms with Gasteiger partial charge in [-0.2, -0.15) is 0 Å². The van der Waals surface area contributed by atoms with Gasteiger partial charge in [0.1, 0.15) is 5.82 Å². The van der Waals surface area contributed by atoms with E-state index < -0.39 is 5.97 Å². The molecule has 1 aliphatic rings. The summed E-state index contributed by atoms with van der Waals surface area (Å²) in [5.74, 6) is -0.288. The van der Waals surface area contributed by atoms with Crippen molar-refractivity contribution < 1.29 is 9.90 Å². The highest BCUT2D eigenvalue weighted by molar-refractivity contribution is 5.84. The molecule has 0 unspecified atom stereocenters. The molecule has 25 heavy (non-hydrogen) atoms. The standard InChI is InChI=1S/C18H21N5O2/c24-18(25)4-3-15-10-21-17(11-20-15)22-16-2-1-9-23(13-16)12-14-5-7-19-8-6-14/h3-8,10-11,16H,1-2,9,12-13H2,(H,21,22)(H,24,25)/t16-/m1/s1. The van der Waals surface area contributed by atoms with Gasteiger partial charge < -0.3 is 10.4 Å². The monoisotopic (exact) mass is 339 g/mol. The number of hydrogen-bond donors (Lipinski definition) is 2. The van der Waals surface area contributed by atoms with Crippen LogP contribution >= 0.6 is 0 Å². The van der Waals surface area contributed by atoms with Gasteiger partial charge in [-0.25, -0.2) is 9.78 Å². The number of nitrogens with one attached hydrogen (secondary N) is 1. The van der Waals surface area contributed by atoms with E-state index in [1.54, 1.807) is 12.4 Å². The summed E-state index contributed by atoms with van der Waals surface area (Å²) < 4.78 is 0. The van der Waals surface area contributed by atoms with Crippen LogP contribution in [0.2, 0.25) is 0 Å². The molecule has 0 saturated carbocycles. The number of pyridine rings is 1. The SMILES string of the molecule is O=C(O)C=Cc1cnc(N[C@@H]2CCCN(Cc3ccncc3)C2)cn1. The first-order chi connectivity index (χ1) is 12.2. The van der Waals surface area contributed by atoms with Gasteiger partial charge in [-0.05, 0) is 43.2 Å². The zero-order valence-corrected chi connectivity index (χ0v) is 13.9. The summed E-state index contributed by atoms with van der Waals surface area (Å²) >= 11 is 0. The lowest BCUT2D eigenvalue weighted by molar-refractivity contribution is -0.131. The van der Waals surface area contributed by atoms with E-state index in [0.717, 1.165) is 38.6 Å².